The van der Waals surface area contributed by atoms with Gasteiger partial charge in [-0.2, -0.15) is 18.4 Å². The molecule has 0 aromatic heterocycles. The van der Waals surface area contributed by atoms with E-state index in [1.54, 1.807) is 6.07 Å². The van der Waals surface area contributed by atoms with Gasteiger partial charge in [-0.25, -0.2) is 0 Å². The number of nitriles is 1. The van der Waals surface area contributed by atoms with Crippen LogP contribution in [-0.4, -0.2) is 17.6 Å². The second kappa shape index (κ2) is 5.35. The van der Waals surface area contributed by atoms with Crippen LogP contribution in [0.15, 0.2) is 18.2 Å². The van der Waals surface area contributed by atoms with Gasteiger partial charge < -0.3 is 5.32 Å². The molecule has 0 bridgehead atoms. The number of alkyl halides is 3. The SMILES string of the molecule is N#Cc1ccc(NCCC(F)(F)F)c([N+](=O)[O-])c1. The van der Waals surface area contributed by atoms with Crippen LogP contribution in [0.25, 0.3) is 0 Å². The van der Waals surface area contributed by atoms with E-state index in [1.807, 2.05) is 0 Å². The van der Waals surface area contributed by atoms with Crippen LogP contribution in [0.5, 0.6) is 0 Å². The molecule has 1 aromatic rings. The summed E-state index contributed by atoms with van der Waals surface area (Å²) in [5, 5.41) is 21.6. The highest BCUT2D eigenvalue weighted by molar-refractivity contribution is 5.63. The topological polar surface area (TPSA) is 79.0 Å². The number of hydrogen-bond acceptors (Lipinski definition) is 4. The summed E-state index contributed by atoms with van der Waals surface area (Å²) in [6.07, 6.45) is -5.42. The zero-order chi connectivity index (χ0) is 13.8. The van der Waals surface area contributed by atoms with Crippen molar-refractivity contribution in [2.45, 2.75) is 12.6 Å². The minimum Gasteiger partial charge on any atom is -0.379 e. The van der Waals surface area contributed by atoms with Crippen LogP contribution in [0.4, 0.5) is 24.5 Å². The zero-order valence-corrected chi connectivity index (χ0v) is 8.99. The van der Waals surface area contributed by atoms with Gasteiger partial charge in [-0.15, -0.1) is 0 Å². The summed E-state index contributed by atoms with van der Waals surface area (Å²) in [7, 11) is 0. The molecule has 0 fully saturated rings. The van der Waals surface area contributed by atoms with Crippen molar-refractivity contribution < 1.29 is 18.1 Å². The van der Waals surface area contributed by atoms with Gasteiger partial charge in [-0.1, -0.05) is 0 Å². The van der Waals surface area contributed by atoms with Gasteiger partial charge in [0.2, 0.25) is 0 Å². The molecule has 1 aromatic carbocycles. The highest BCUT2D eigenvalue weighted by Gasteiger charge is 2.26. The van der Waals surface area contributed by atoms with Crippen LogP contribution in [-0.2, 0) is 0 Å². The number of benzene rings is 1. The fraction of sp³-hybridized carbons (Fsp3) is 0.300. The maximum Gasteiger partial charge on any atom is 0.390 e. The van der Waals surface area contributed by atoms with Gasteiger partial charge in [0.15, 0.2) is 0 Å². The summed E-state index contributed by atoms with van der Waals surface area (Å²) in [6, 6.07) is 5.24. The van der Waals surface area contributed by atoms with E-state index in [9.17, 15) is 23.3 Å². The molecule has 8 heteroatoms. The Morgan fingerprint density at radius 1 is 1.44 bits per heavy atom. The van der Waals surface area contributed by atoms with Crippen LogP contribution in [0.1, 0.15) is 12.0 Å². The molecule has 0 aliphatic heterocycles. The summed E-state index contributed by atoms with van der Waals surface area (Å²) >= 11 is 0. The van der Waals surface area contributed by atoms with Gasteiger partial charge in [0, 0.05) is 12.6 Å². The molecule has 0 atom stereocenters. The third-order valence-corrected chi connectivity index (χ3v) is 2.05. The third-order valence-electron chi connectivity index (χ3n) is 2.05. The number of nitro groups is 1. The molecule has 96 valence electrons. The molecule has 18 heavy (non-hydrogen) atoms. The molecular formula is C10H8F3N3O2. The highest BCUT2D eigenvalue weighted by Crippen LogP contribution is 2.26. The Bertz CT molecular complexity index is 494. The molecule has 0 aliphatic carbocycles. The third kappa shape index (κ3) is 3.93. The van der Waals surface area contributed by atoms with Crippen LogP contribution in [0, 0.1) is 21.4 Å². The van der Waals surface area contributed by atoms with E-state index < -0.39 is 29.8 Å². The minimum absolute atomic E-state index is 0.0387. The summed E-state index contributed by atoms with van der Waals surface area (Å²) in [6.45, 7) is -0.462. The van der Waals surface area contributed by atoms with Gasteiger partial charge >= 0.3 is 6.18 Å². The summed E-state index contributed by atoms with van der Waals surface area (Å²) in [4.78, 5) is 9.93. The second-order valence-electron chi connectivity index (χ2n) is 3.39. The molecule has 0 aliphatic rings. The van der Waals surface area contributed by atoms with E-state index in [4.69, 9.17) is 5.26 Å². The lowest BCUT2D eigenvalue weighted by Crippen LogP contribution is -2.15. The van der Waals surface area contributed by atoms with E-state index in [0.717, 1.165) is 6.07 Å². The Morgan fingerprint density at radius 3 is 2.61 bits per heavy atom. The number of halogens is 3. The zero-order valence-electron chi connectivity index (χ0n) is 8.99. The van der Waals surface area contributed by atoms with E-state index in [0.29, 0.717) is 0 Å². The number of rotatable bonds is 4. The molecule has 0 radical (unpaired) electrons. The van der Waals surface area contributed by atoms with Crippen LogP contribution in [0.3, 0.4) is 0 Å². The monoisotopic (exact) mass is 259 g/mol. The van der Waals surface area contributed by atoms with Crippen molar-refractivity contribution in [3.05, 3.63) is 33.9 Å². The molecular weight excluding hydrogens is 251 g/mol. The van der Waals surface area contributed by atoms with Crippen LogP contribution >= 0.6 is 0 Å². The maximum absolute atomic E-state index is 11.9. The lowest BCUT2D eigenvalue weighted by molar-refractivity contribution is -0.384. The van der Waals surface area contributed by atoms with Crippen LogP contribution < -0.4 is 5.32 Å². The highest BCUT2D eigenvalue weighted by atomic mass is 19.4. The smallest absolute Gasteiger partial charge is 0.379 e. The van der Waals surface area contributed by atoms with Crippen molar-refractivity contribution in [3.8, 4) is 6.07 Å². The molecule has 0 heterocycles. The molecule has 0 spiro atoms. The van der Waals surface area contributed by atoms with Gasteiger partial charge in [0.05, 0.1) is 23.0 Å². The Kier molecular flexibility index (Phi) is 4.09. The first-order chi connectivity index (χ1) is 8.33. The Hall–Kier alpha value is -2.30. The molecule has 0 amide bonds. The molecule has 1 rings (SSSR count). The minimum atomic E-state index is -4.33. The van der Waals surface area contributed by atoms with E-state index in [-0.39, 0.29) is 11.3 Å². The number of anilines is 1. The first-order valence-corrected chi connectivity index (χ1v) is 4.82. The van der Waals surface area contributed by atoms with Gasteiger partial charge in [0.1, 0.15) is 5.69 Å². The molecule has 1 N–H and O–H groups in total. The Balaban J connectivity index is 2.83. The number of nitrogens with zero attached hydrogens (tertiary/aromatic N) is 2. The van der Waals surface area contributed by atoms with Crippen molar-refractivity contribution in [1.82, 2.24) is 0 Å². The van der Waals surface area contributed by atoms with Crippen molar-refractivity contribution in [3.63, 3.8) is 0 Å². The number of nitro benzene ring substituents is 1. The molecule has 0 unspecified atom stereocenters. The van der Waals surface area contributed by atoms with E-state index in [2.05, 4.69) is 5.32 Å². The fourth-order valence-electron chi connectivity index (χ4n) is 1.24. The Labute approximate surface area is 100.0 Å². The van der Waals surface area contributed by atoms with Gasteiger partial charge in [-0.05, 0) is 12.1 Å². The normalized spacial score (nSPS) is 10.8. The van der Waals surface area contributed by atoms with Crippen molar-refractivity contribution in [2.24, 2.45) is 0 Å². The summed E-state index contributed by atoms with van der Waals surface area (Å²) in [5.74, 6) is 0. The van der Waals surface area contributed by atoms with E-state index >= 15 is 0 Å². The molecule has 0 saturated heterocycles. The predicted octanol–water partition coefficient (Wildman–Crippen LogP) is 2.83. The summed E-state index contributed by atoms with van der Waals surface area (Å²) in [5.41, 5.74) is -0.387. The Morgan fingerprint density at radius 2 is 2.11 bits per heavy atom. The lowest BCUT2D eigenvalue weighted by atomic mass is 10.2. The average Bonchev–Trinajstić information content (AvgIpc) is 2.27. The first kappa shape index (κ1) is 13.8. The standard InChI is InChI=1S/C10H8F3N3O2/c11-10(12,13)3-4-15-8-2-1-7(6-14)5-9(8)16(17)18/h1-2,5,15H,3-4H2. The van der Waals surface area contributed by atoms with E-state index in [1.165, 1.54) is 12.1 Å². The molecule has 5 nitrogen and oxygen atoms in total. The van der Waals surface area contributed by atoms with Gasteiger partial charge in [-0.3, -0.25) is 10.1 Å². The van der Waals surface area contributed by atoms with Crippen molar-refractivity contribution in [2.75, 3.05) is 11.9 Å². The largest absolute Gasteiger partial charge is 0.390 e. The predicted molar refractivity (Wildman–Crippen MR) is 57.0 cm³/mol. The number of nitrogens with one attached hydrogen (secondary N) is 1. The van der Waals surface area contributed by atoms with Gasteiger partial charge in [0.25, 0.3) is 5.69 Å². The maximum atomic E-state index is 11.9. The summed E-state index contributed by atoms with van der Waals surface area (Å²) < 4.78 is 35.8. The number of hydrogen-bond donors (Lipinski definition) is 1. The van der Waals surface area contributed by atoms with Crippen molar-refractivity contribution in [1.29, 1.82) is 5.26 Å². The molecule has 0 saturated carbocycles. The fourth-order valence-corrected chi connectivity index (χ4v) is 1.24. The van der Waals surface area contributed by atoms with Crippen molar-refractivity contribution >= 4 is 11.4 Å². The van der Waals surface area contributed by atoms with Crippen LogP contribution in [0.2, 0.25) is 0 Å². The average molecular weight is 259 g/mol. The lowest BCUT2D eigenvalue weighted by Gasteiger charge is -2.09. The quantitative estimate of drug-likeness (QED) is 0.666. The first-order valence-electron chi connectivity index (χ1n) is 4.82. The second-order valence-corrected chi connectivity index (χ2v) is 3.39.